The zero-order valence-corrected chi connectivity index (χ0v) is 13.0. The van der Waals surface area contributed by atoms with Crippen LogP contribution in [-0.2, 0) is 6.42 Å². The molecular formula is C16H27NO2. The van der Waals surface area contributed by atoms with Crippen molar-refractivity contribution >= 4 is 0 Å². The van der Waals surface area contributed by atoms with Crippen LogP contribution in [0.25, 0.3) is 0 Å². The monoisotopic (exact) mass is 265 g/mol. The summed E-state index contributed by atoms with van der Waals surface area (Å²) in [6, 6.07) is 6.09. The van der Waals surface area contributed by atoms with E-state index in [9.17, 15) is 5.11 Å². The van der Waals surface area contributed by atoms with Gasteiger partial charge in [-0.05, 0) is 46.0 Å². The quantitative estimate of drug-likeness (QED) is 0.858. The lowest BCUT2D eigenvalue weighted by Gasteiger charge is -2.40. The summed E-state index contributed by atoms with van der Waals surface area (Å²) < 4.78 is 5.38. The van der Waals surface area contributed by atoms with Crippen molar-refractivity contribution in [1.82, 2.24) is 4.90 Å². The van der Waals surface area contributed by atoms with E-state index in [1.54, 1.807) is 7.11 Å². The van der Waals surface area contributed by atoms with Crippen molar-refractivity contribution in [1.29, 1.82) is 0 Å². The predicted octanol–water partition coefficient (Wildman–Crippen LogP) is 2.64. The third-order valence-electron chi connectivity index (χ3n) is 4.30. The van der Waals surface area contributed by atoms with E-state index in [2.05, 4.69) is 31.7 Å². The predicted molar refractivity (Wildman–Crippen MR) is 79.8 cm³/mol. The van der Waals surface area contributed by atoms with Crippen LogP contribution in [0.5, 0.6) is 5.75 Å². The average molecular weight is 265 g/mol. The maximum Gasteiger partial charge on any atom is 0.122 e. The second-order valence-corrected chi connectivity index (χ2v) is 5.64. The molecule has 0 heterocycles. The van der Waals surface area contributed by atoms with Crippen LogP contribution < -0.4 is 4.74 Å². The highest BCUT2D eigenvalue weighted by Crippen LogP contribution is 2.27. The number of ether oxygens (including phenoxy) is 1. The van der Waals surface area contributed by atoms with Crippen molar-refractivity contribution < 1.29 is 9.84 Å². The van der Waals surface area contributed by atoms with Gasteiger partial charge in [-0.25, -0.2) is 0 Å². The number of aryl methyl sites for hydroxylation is 1. The van der Waals surface area contributed by atoms with E-state index < -0.39 is 6.10 Å². The summed E-state index contributed by atoms with van der Waals surface area (Å²) in [5, 5.41) is 10.6. The minimum absolute atomic E-state index is 0.227. The van der Waals surface area contributed by atoms with E-state index >= 15 is 0 Å². The second-order valence-electron chi connectivity index (χ2n) is 5.64. The smallest absolute Gasteiger partial charge is 0.122 e. The molecule has 1 aromatic carbocycles. The fourth-order valence-electron chi connectivity index (χ4n) is 2.34. The lowest BCUT2D eigenvalue weighted by Crippen LogP contribution is -2.51. The van der Waals surface area contributed by atoms with Crippen molar-refractivity contribution in [3.8, 4) is 5.75 Å². The zero-order chi connectivity index (χ0) is 14.6. The Morgan fingerprint density at radius 1 is 1.37 bits per heavy atom. The number of nitrogens with zero attached hydrogens (tertiary/aromatic N) is 1. The molecule has 0 saturated carbocycles. The van der Waals surface area contributed by atoms with E-state index in [4.69, 9.17) is 4.74 Å². The molecule has 0 amide bonds. The standard InChI is InChI=1S/C16H27NO2/c1-7-16(3,17(4)5)15(18)11-13-10-12(2)8-9-14(13)19-6/h8-10,15,18H,7,11H2,1-6H3. The maximum atomic E-state index is 10.6. The molecule has 19 heavy (non-hydrogen) atoms. The summed E-state index contributed by atoms with van der Waals surface area (Å²) >= 11 is 0. The van der Waals surface area contributed by atoms with Crippen LogP contribution >= 0.6 is 0 Å². The van der Waals surface area contributed by atoms with Crippen molar-refractivity contribution in [3.63, 3.8) is 0 Å². The SMILES string of the molecule is CCC(C)(C(O)Cc1cc(C)ccc1OC)N(C)C. The second kappa shape index (κ2) is 6.40. The molecule has 0 aliphatic rings. The van der Waals surface area contributed by atoms with Crippen LogP contribution in [-0.4, -0.2) is 42.9 Å². The van der Waals surface area contributed by atoms with Crippen LogP contribution in [0.2, 0.25) is 0 Å². The molecule has 0 aliphatic heterocycles. The molecular weight excluding hydrogens is 238 g/mol. The first-order chi connectivity index (χ1) is 8.85. The Labute approximate surface area is 117 Å². The first kappa shape index (κ1) is 16.0. The molecule has 0 aliphatic carbocycles. The molecule has 1 N–H and O–H groups in total. The molecule has 0 saturated heterocycles. The van der Waals surface area contributed by atoms with Crippen LogP contribution in [0.15, 0.2) is 18.2 Å². The molecule has 0 spiro atoms. The Bertz CT molecular complexity index is 417. The topological polar surface area (TPSA) is 32.7 Å². The molecule has 3 nitrogen and oxygen atoms in total. The lowest BCUT2D eigenvalue weighted by atomic mass is 9.86. The van der Waals surface area contributed by atoms with Crippen LogP contribution in [0.3, 0.4) is 0 Å². The Hall–Kier alpha value is -1.06. The van der Waals surface area contributed by atoms with E-state index in [0.29, 0.717) is 6.42 Å². The van der Waals surface area contributed by atoms with Gasteiger partial charge in [-0.1, -0.05) is 24.6 Å². The molecule has 1 aromatic rings. The highest BCUT2D eigenvalue weighted by molar-refractivity contribution is 5.37. The van der Waals surface area contributed by atoms with Gasteiger partial charge in [0.2, 0.25) is 0 Å². The van der Waals surface area contributed by atoms with Crippen molar-refractivity contribution in [2.45, 2.75) is 45.3 Å². The van der Waals surface area contributed by atoms with Gasteiger partial charge in [-0.3, -0.25) is 0 Å². The van der Waals surface area contributed by atoms with Gasteiger partial charge >= 0.3 is 0 Å². The maximum absolute atomic E-state index is 10.6. The number of rotatable bonds is 6. The van der Waals surface area contributed by atoms with E-state index in [0.717, 1.165) is 17.7 Å². The first-order valence-corrected chi connectivity index (χ1v) is 6.84. The van der Waals surface area contributed by atoms with Gasteiger partial charge in [0.05, 0.1) is 13.2 Å². The van der Waals surface area contributed by atoms with Crippen molar-refractivity contribution in [2.24, 2.45) is 0 Å². The molecule has 2 unspecified atom stereocenters. The average Bonchev–Trinajstić information content (AvgIpc) is 2.37. The lowest BCUT2D eigenvalue weighted by molar-refractivity contribution is 0.00272. The summed E-state index contributed by atoms with van der Waals surface area (Å²) in [6.45, 7) is 6.26. The van der Waals surface area contributed by atoms with Gasteiger partial charge in [-0.2, -0.15) is 0 Å². The first-order valence-electron chi connectivity index (χ1n) is 6.84. The Balaban J connectivity index is 2.98. The summed E-state index contributed by atoms with van der Waals surface area (Å²) in [7, 11) is 5.70. The molecule has 0 radical (unpaired) electrons. The largest absolute Gasteiger partial charge is 0.496 e. The van der Waals surface area contributed by atoms with Gasteiger partial charge in [0.15, 0.2) is 0 Å². The molecule has 0 bridgehead atoms. The van der Waals surface area contributed by atoms with Crippen LogP contribution in [0.1, 0.15) is 31.4 Å². The number of hydrogen-bond donors (Lipinski definition) is 1. The number of hydrogen-bond acceptors (Lipinski definition) is 3. The molecule has 0 aromatic heterocycles. The number of methoxy groups -OCH3 is 1. The zero-order valence-electron chi connectivity index (χ0n) is 13.0. The van der Waals surface area contributed by atoms with Crippen LogP contribution in [0.4, 0.5) is 0 Å². The van der Waals surface area contributed by atoms with E-state index in [1.165, 1.54) is 5.56 Å². The van der Waals surface area contributed by atoms with Crippen LogP contribution in [0, 0.1) is 6.92 Å². The van der Waals surface area contributed by atoms with E-state index in [1.807, 2.05) is 26.2 Å². The number of aliphatic hydroxyl groups is 1. The van der Waals surface area contributed by atoms with Crippen molar-refractivity contribution in [3.05, 3.63) is 29.3 Å². The minimum atomic E-state index is -0.428. The highest BCUT2D eigenvalue weighted by atomic mass is 16.5. The van der Waals surface area contributed by atoms with Gasteiger partial charge in [0.1, 0.15) is 5.75 Å². The molecule has 108 valence electrons. The Morgan fingerprint density at radius 3 is 2.47 bits per heavy atom. The highest BCUT2D eigenvalue weighted by Gasteiger charge is 2.33. The number of benzene rings is 1. The minimum Gasteiger partial charge on any atom is -0.496 e. The Kier molecular flexibility index (Phi) is 5.39. The van der Waals surface area contributed by atoms with Crippen molar-refractivity contribution in [2.75, 3.05) is 21.2 Å². The van der Waals surface area contributed by atoms with Gasteiger partial charge in [0, 0.05) is 12.0 Å². The Morgan fingerprint density at radius 2 is 2.00 bits per heavy atom. The molecule has 0 fully saturated rings. The van der Waals surface area contributed by atoms with Gasteiger partial charge < -0.3 is 14.7 Å². The summed E-state index contributed by atoms with van der Waals surface area (Å²) in [6.07, 6.45) is 1.08. The third-order valence-corrected chi connectivity index (χ3v) is 4.30. The summed E-state index contributed by atoms with van der Waals surface area (Å²) in [5.41, 5.74) is 2.02. The number of likely N-dealkylation sites (N-methyl/N-ethyl adjacent to an activating group) is 1. The fourth-order valence-corrected chi connectivity index (χ4v) is 2.34. The number of aliphatic hydroxyl groups excluding tert-OH is 1. The molecule has 3 heteroatoms. The molecule has 1 rings (SSSR count). The summed E-state index contributed by atoms with van der Waals surface area (Å²) in [4.78, 5) is 2.10. The summed E-state index contributed by atoms with van der Waals surface area (Å²) in [5.74, 6) is 0.849. The fraction of sp³-hybridized carbons (Fsp3) is 0.625. The van der Waals surface area contributed by atoms with Gasteiger partial charge in [0.25, 0.3) is 0 Å². The molecule has 2 atom stereocenters. The normalized spacial score (nSPS) is 16.2. The third kappa shape index (κ3) is 3.48. The van der Waals surface area contributed by atoms with E-state index in [-0.39, 0.29) is 5.54 Å². The van der Waals surface area contributed by atoms with Gasteiger partial charge in [-0.15, -0.1) is 0 Å².